The molecular formula is C25H29N5OS. The highest BCUT2D eigenvalue weighted by molar-refractivity contribution is 8.00. The van der Waals surface area contributed by atoms with Gasteiger partial charge in [0.2, 0.25) is 0 Å². The lowest BCUT2D eigenvalue weighted by atomic mass is 10.1. The van der Waals surface area contributed by atoms with E-state index in [-0.39, 0.29) is 17.1 Å². The quantitative estimate of drug-likeness (QED) is 0.283. The van der Waals surface area contributed by atoms with Gasteiger partial charge in [0.05, 0.1) is 17.8 Å². The van der Waals surface area contributed by atoms with Crippen molar-refractivity contribution >= 4 is 28.4 Å². The molecule has 32 heavy (non-hydrogen) atoms. The summed E-state index contributed by atoms with van der Waals surface area (Å²) in [7, 11) is 4.12. The summed E-state index contributed by atoms with van der Waals surface area (Å²) in [5.41, 5.74) is 2.87. The van der Waals surface area contributed by atoms with E-state index >= 15 is 0 Å². The molecule has 0 fully saturated rings. The summed E-state index contributed by atoms with van der Waals surface area (Å²) in [5, 5.41) is 10.5. The van der Waals surface area contributed by atoms with Gasteiger partial charge in [0.1, 0.15) is 0 Å². The monoisotopic (exact) mass is 447 g/mol. The lowest BCUT2D eigenvalue weighted by molar-refractivity contribution is 0.0995. The van der Waals surface area contributed by atoms with Crippen LogP contribution in [0.25, 0.3) is 10.9 Å². The minimum atomic E-state index is -0.291. The van der Waals surface area contributed by atoms with Crippen LogP contribution in [-0.2, 0) is 6.54 Å². The van der Waals surface area contributed by atoms with Crippen LogP contribution in [0.3, 0.4) is 0 Å². The zero-order chi connectivity index (χ0) is 22.7. The van der Waals surface area contributed by atoms with Crippen molar-refractivity contribution in [2.75, 3.05) is 14.1 Å². The average molecular weight is 448 g/mol. The fraction of sp³-hybridized carbons (Fsp3) is 0.320. The lowest BCUT2D eigenvalue weighted by Gasteiger charge is -2.23. The zero-order valence-electron chi connectivity index (χ0n) is 18.9. The van der Waals surface area contributed by atoms with Crippen molar-refractivity contribution in [1.29, 1.82) is 0 Å². The van der Waals surface area contributed by atoms with Gasteiger partial charge in [-0.1, -0.05) is 67.2 Å². The summed E-state index contributed by atoms with van der Waals surface area (Å²) >= 11 is 1.47. The number of nitrogens with zero attached hydrogens (tertiary/aromatic N) is 4. The molecule has 2 atom stereocenters. The first-order valence-electron chi connectivity index (χ1n) is 10.9. The number of ketones is 1. The van der Waals surface area contributed by atoms with E-state index in [0.717, 1.165) is 33.9 Å². The van der Waals surface area contributed by atoms with Crippen LogP contribution < -0.4 is 0 Å². The third-order valence-electron chi connectivity index (χ3n) is 5.74. The van der Waals surface area contributed by atoms with E-state index in [1.807, 2.05) is 55.6 Å². The van der Waals surface area contributed by atoms with Crippen molar-refractivity contribution in [3.63, 3.8) is 0 Å². The number of carbonyl (C=O) groups excluding carboxylic acids is 1. The van der Waals surface area contributed by atoms with Crippen molar-refractivity contribution in [1.82, 2.24) is 24.6 Å². The summed E-state index contributed by atoms with van der Waals surface area (Å²) in [6, 6.07) is 18.4. The normalized spacial score (nSPS) is 13.5. The number of thioether (sulfide) groups is 1. The van der Waals surface area contributed by atoms with Gasteiger partial charge in [-0.25, -0.2) is 0 Å². The molecule has 0 radical (unpaired) electrons. The maximum absolute atomic E-state index is 13.3. The van der Waals surface area contributed by atoms with Gasteiger partial charge in [0.15, 0.2) is 16.8 Å². The Kier molecular flexibility index (Phi) is 6.77. The molecule has 2 aromatic heterocycles. The summed E-state index contributed by atoms with van der Waals surface area (Å²) in [5.74, 6) is 1.01. The fourth-order valence-corrected chi connectivity index (χ4v) is 4.96. The van der Waals surface area contributed by atoms with Crippen molar-refractivity contribution in [2.24, 2.45) is 0 Å². The number of aromatic amines is 1. The standard InChI is InChI=1S/C25H29N5OS/c1-5-22(29(3)4)24-27-28-25(30(24)16-18-11-7-6-8-12-18)32-17(2)23(31)20-15-26-21-14-10-9-13-19(20)21/h6-15,17,22,26H,5,16H2,1-4H3/t17-,22+/m0/s1. The Hall–Kier alpha value is -2.90. The molecule has 0 spiro atoms. The molecule has 0 saturated carbocycles. The van der Waals surface area contributed by atoms with Crippen LogP contribution in [-0.4, -0.2) is 49.8 Å². The summed E-state index contributed by atoms with van der Waals surface area (Å²) in [4.78, 5) is 18.7. The van der Waals surface area contributed by atoms with Crippen LogP contribution in [0.1, 0.15) is 48.1 Å². The van der Waals surface area contributed by atoms with Gasteiger partial charge in [0.25, 0.3) is 0 Å². The molecule has 4 rings (SSSR count). The molecular weight excluding hydrogens is 418 g/mol. The van der Waals surface area contributed by atoms with Crippen LogP contribution >= 0.6 is 11.8 Å². The predicted octanol–water partition coefficient (Wildman–Crippen LogP) is 5.18. The molecule has 2 heterocycles. The van der Waals surface area contributed by atoms with Crippen molar-refractivity contribution < 1.29 is 4.79 Å². The SMILES string of the molecule is CC[C@H](c1nnc(S[C@@H](C)C(=O)c2c[nH]c3ccccc23)n1Cc1ccccc1)N(C)C. The number of rotatable bonds is 9. The number of Topliss-reactive ketones (excluding diaryl/α,β-unsaturated/α-hetero) is 1. The Bertz CT molecular complexity index is 1200. The molecule has 2 aromatic carbocycles. The van der Waals surface area contributed by atoms with Crippen LogP contribution in [0.2, 0.25) is 0 Å². The number of aromatic nitrogens is 4. The number of hydrogen-bond donors (Lipinski definition) is 1. The van der Waals surface area contributed by atoms with E-state index in [4.69, 9.17) is 0 Å². The summed E-state index contributed by atoms with van der Waals surface area (Å²) < 4.78 is 2.16. The number of H-pyrrole nitrogens is 1. The van der Waals surface area contributed by atoms with Crippen molar-refractivity contribution in [3.05, 3.63) is 77.7 Å². The number of carbonyl (C=O) groups is 1. The van der Waals surface area contributed by atoms with Crippen LogP contribution in [0.5, 0.6) is 0 Å². The molecule has 0 aliphatic heterocycles. The molecule has 6 nitrogen and oxygen atoms in total. The third-order valence-corrected chi connectivity index (χ3v) is 6.82. The molecule has 0 amide bonds. The number of para-hydroxylation sites is 1. The van der Waals surface area contributed by atoms with Gasteiger partial charge in [-0.05, 0) is 39.1 Å². The molecule has 0 saturated heterocycles. The van der Waals surface area contributed by atoms with Crippen molar-refractivity contribution in [3.8, 4) is 0 Å². The Morgan fingerprint density at radius 3 is 2.53 bits per heavy atom. The second-order valence-electron chi connectivity index (χ2n) is 8.17. The second kappa shape index (κ2) is 9.71. The minimum Gasteiger partial charge on any atom is -0.360 e. The van der Waals surface area contributed by atoms with E-state index in [9.17, 15) is 4.79 Å². The Balaban J connectivity index is 1.65. The maximum Gasteiger partial charge on any atom is 0.192 e. The highest BCUT2D eigenvalue weighted by atomic mass is 32.2. The van der Waals surface area contributed by atoms with E-state index < -0.39 is 0 Å². The Morgan fingerprint density at radius 2 is 1.81 bits per heavy atom. The zero-order valence-corrected chi connectivity index (χ0v) is 19.8. The van der Waals surface area contributed by atoms with Crippen molar-refractivity contribution in [2.45, 2.75) is 43.3 Å². The van der Waals surface area contributed by atoms with Gasteiger partial charge >= 0.3 is 0 Å². The van der Waals surface area contributed by atoms with Crippen LogP contribution in [0, 0.1) is 0 Å². The molecule has 0 aliphatic rings. The highest BCUT2D eigenvalue weighted by Gasteiger charge is 2.26. The van der Waals surface area contributed by atoms with Gasteiger partial charge in [-0.3, -0.25) is 9.69 Å². The molecule has 4 aromatic rings. The van der Waals surface area contributed by atoms with E-state index in [1.54, 1.807) is 0 Å². The summed E-state index contributed by atoms with van der Waals surface area (Å²) in [6.07, 6.45) is 2.73. The predicted molar refractivity (Wildman–Crippen MR) is 130 cm³/mol. The van der Waals surface area contributed by atoms with E-state index in [2.05, 4.69) is 57.8 Å². The third kappa shape index (κ3) is 4.49. The first-order chi connectivity index (χ1) is 15.5. The largest absolute Gasteiger partial charge is 0.360 e. The maximum atomic E-state index is 13.3. The number of benzene rings is 2. The molecule has 0 bridgehead atoms. The molecule has 166 valence electrons. The van der Waals surface area contributed by atoms with Gasteiger partial charge < -0.3 is 9.55 Å². The lowest BCUT2D eigenvalue weighted by Crippen LogP contribution is -2.23. The number of nitrogens with one attached hydrogen (secondary N) is 1. The first kappa shape index (κ1) is 22.3. The highest BCUT2D eigenvalue weighted by Crippen LogP contribution is 2.31. The van der Waals surface area contributed by atoms with Crippen LogP contribution in [0.15, 0.2) is 66.0 Å². The molecule has 0 aliphatic carbocycles. The number of fused-ring (bicyclic) bond motifs is 1. The Morgan fingerprint density at radius 1 is 1.09 bits per heavy atom. The Labute approximate surface area is 193 Å². The summed E-state index contributed by atoms with van der Waals surface area (Å²) in [6.45, 7) is 4.77. The average Bonchev–Trinajstić information content (AvgIpc) is 3.39. The molecule has 1 N–H and O–H groups in total. The van der Waals surface area contributed by atoms with E-state index in [0.29, 0.717) is 6.54 Å². The smallest absolute Gasteiger partial charge is 0.192 e. The van der Waals surface area contributed by atoms with Gasteiger partial charge in [0, 0.05) is 22.7 Å². The minimum absolute atomic E-state index is 0.0860. The van der Waals surface area contributed by atoms with Crippen LogP contribution in [0.4, 0.5) is 0 Å². The second-order valence-corrected chi connectivity index (χ2v) is 9.48. The van der Waals surface area contributed by atoms with Gasteiger partial charge in [-0.15, -0.1) is 10.2 Å². The molecule has 0 unspecified atom stereocenters. The van der Waals surface area contributed by atoms with E-state index in [1.165, 1.54) is 17.3 Å². The fourth-order valence-electron chi connectivity index (χ4n) is 4.03. The molecule has 7 heteroatoms. The number of hydrogen-bond acceptors (Lipinski definition) is 5. The van der Waals surface area contributed by atoms with Gasteiger partial charge in [-0.2, -0.15) is 0 Å². The topological polar surface area (TPSA) is 66.8 Å². The first-order valence-corrected chi connectivity index (χ1v) is 11.8.